The molecule has 1 aromatic rings. The first-order valence-electron chi connectivity index (χ1n) is 14.6. The number of imide groups is 1. The molecule has 4 rings (SSSR count). The van der Waals surface area contributed by atoms with Crippen molar-refractivity contribution in [3.05, 3.63) is 40.4 Å². The van der Waals surface area contributed by atoms with Gasteiger partial charge in [-0.3, -0.25) is 14.5 Å². The first-order chi connectivity index (χ1) is 18.3. The second-order valence-electron chi connectivity index (χ2n) is 11.7. The number of amides is 2. The molecule has 0 aromatic carbocycles. The third-order valence-corrected chi connectivity index (χ3v) is 8.84. The highest BCUT2D eigenvalue weighted by molar-refractivity contribution is 6.06. The van der Waals surface area contributed by atoms with E-state index in [9.17, 15) is 24.9 Å². The van der Waals surface area contributed by atoms with Crippen molar-refractivity contribution in [1.82, 2.24) is 4.90 Å². The molecule has 2 fully saturated rings. The zero-order chi connectivity index (χ0) is 27.4. The second kappa shape index (κ2) is 12.8. The van der Waals surface area contributed by atoms with Crippen LogP contribution >= 0.6 is 0 Å². The van der Waals surface area contributed by atoms with Crippen molar-refractivity contribution in [3.8, 4) is 0 Å². The van der Waals surface area contributed by atoms with Gasteiger partial charge in [0.2, 0.25) is 11.8 Å². The molecule has 0 spiro atoms. The Labute approximate surface area is 226 Å². The van der Waals surface area contributed by atoms with Crippen LogP contribution in [-0.2, 0) is 16.2 Å². The molecule has 7 nitrogen and oxygen atoms in total. The molecule has 3 aliphatic rings. The van der Waals surface area contributed by atoms with Gasteiger partial charge in [0, 0.05) is 12.0 Å². The molecule has 0 bridgehead atoms. The molecule has 210 valence electrons. The van der Waals surface area contributed by atoms with Crippen molar-refractivity contribution in [3.63, 3.8) is 0 Å². The monoisotopic (exact) mass is 527 g/mol. The number of aliphatic hydroxyl groups excluding tert-OH is 3. The number of aliphatic hydroxyl groups is 3. The summed E-state index contributed by atoms with van der Waals surface area (Å²) < 4.78 is 5.64. The smallest absolute Gasteiger partial charge is 0.234 e. The number of allylic oxidation sites excluding steroid dienone is 2. The average Bonchev–Trinajstić information content (AvgIpc) is 3.47. The van der Waals surface area contributed by atoms with Crippen LogP contribution in [0.2, 0.25) is 0 Å². The van der Waals surface area contributed by atoms with Crippen LogP contribution in [0.3, 0.4) is 0 Å². The summed E-state index contributed by atoms with van der Waals surface area (Å²) in [6.45, 7) is 5.83. The normalized spacial score (nSPS) is 26.0. The number of carbonyl (C=O) groups excluding carboxylic acids is 2. The lowest BCUT2D eigenvalue weighted by atomic mass is 9.66. The SMILES string of the molecule is CCC/C(=C\c1ccc(CO)o1)CC[C@@H](O)C1=C(C(C)C)C[C@H]2C(=O)N(C3CCCCC3)C(=O)[C@H]2[C@H]1CO. The molecule has 1 aromatic heterocycles. The van der Waals surface area contributed by atoms with Crippen LogP contribution in [-0.4, -0.2) is 50.8 Å². The number of fused-ring (bicyclic) bond motifs is 1. The largest absolute Gasteiger partial charge is 0.459 e. The van der Waals surface area contributed by atoms with E-state index in [0.717, 1.165) is 61.7 Å². The minimum atomic E-state index is -0.804. The molecule has 38 heavy (non-hydrogen) atoms. The summed E-state index contributed by atoms with van der Waals surface area (Å²) in [5.74, 6) is -0.500. The highest BCUT2D eigenvalue weighted by Gasteiger charge is 2.56. The van der Waals surface area contributed by atoms with Gasteiger partial charge in [-0.15, -0.1) is 0 Å². The highest BCUT2D eigenvalue weighted by atomic mass is 16.4. The Hall–Kier alpha value is -2.22. The summed E-state index contributed by atoms with van der Waals surface area (Å²) in [6.07, 6.45) is 9.51. The minimum Gasteiger partial charge on any atom is -0.459 e. The molecule has 2 amide bonds. The maximum Gasteiger partial charge on any atom is 0.234 e. The fourth-order valence-electron chi connectivity index (χ4n) is 6.99. The number of furan rings is 1. The van der Waals surface area contributed by atoms with Crippen LogP contribution < -0.4 is 0 Å². The van der Waals surface area contributed by atoms with Gasteiger partial charge in [0.25, 0.3) is 0 Å². The summed E-state index contributed by atoms with van der Waals surface area (Å²) in [6, 6.07) is 3.56. The number of hydrogen-bond donors (Lipinski definition) is 3. The van der Waals surface area contributed by atoms with E-state index >= 15 is 0 Å². The Bertz CT molecular complexity index is 1050. The van der Waals surface area contributed by atoms with Crippen molar-refractivity contribution in [2.24, 2.45) is 23.7 Å². The maximum atomic E-state index is 13.7. The summed E-state index contributed by atoms with van der Waals surface area (Å²) in [5, 5.41) is 31.4. The standard InChI is InChI=1S/C31H45NO6/c1-4-8-20(15-22-12-13-23(17-33)38-22)11-14-27(35)28-24(19(2)3)16-25-29(26(28)18-34)31(37)32(30(25)36)21-9-6-5-7-10-21/h12-13,15,19,21,25-27,29,33-35H,4-11,14,16-18H2,1-3H3/b20-15+/t25-,26+,27-,29-/m1/s1. The lowest BCUT2D eigenvalue weighted by molar-refractivity contribution is -0.143. The molecule has 1 saturated heterocycles. The van der Waals surface area contributed by atoms with E-state index in [0.29, 0.717) is 30.8 Å². The van der Waals surface area contributed by atoms with Crippen molar-refractivity contribution in [1.29, 1.82) is 0 Å². The van der Waals surface area contributed by atoms with E-state index in [1.807, 2.05) is 12.1 Å². The van der Waals surface area contributed by atoms with Gasteiger partial charge in [-0.25, -0.2) is 0 Å². The van der Waals surface area contributed by atoms with Crippen molar-refractivity contribution in [2.45, 2.75) is 104 Å². The quantitative estimate of drug-likeness (QED) is 0.276. The van der Waals surface area contributed by atoms with Crippen LogP contribution in [0.15, 0.2) is 33.3 Å². The Morgan fingerprint density at radius 1 is 1.11 bits per heavy atom. The minimum absolute atomic E-state index is 0.0285. The topological polar surface area (TPSA) is 111 Å². The number of likely N-dealkylation sites (tertiary alicyclic amines) is 1. The molecule has 2 aliphatic carbocycles. The molecular weight excluding hydrogens is 482 g/mol. The van der Waals surface area contributed by atoms with Crippen molar-refractivity contribution >= 4 is 17.9 Å². The van der Waals surface area contributed by atoms with E-state index in [-0.39, 0.29) is 37.0 Å². The molecule has 7 heteroatoms. The fraction of sp³-hybridized carbons (Fsp3) is 0.677. The van der Waals surface area contributed by atoms with E-state index in [1.54, 1.807) is 6.07 Å². The van der Waals surface area contributed by atoms with E-state index in [2.05, 4.69) is 20.8 Å². The summed E-state index contributed by atoms with van der Waals surface area (Å²) in [7, 11) is 0. The van der Waals surface area contributed by atoms with Crippen LogP contribution in [0.5, 0.6) is 0 Å². The molecular formula is C31H45NO6. The van der Waals surface area contributed by atoms with E-state index in [1.165, 1.54) is 4.90 Å². The van der Waals surface area contributed by atoms with E-state index in [4.69, 9.17) is 4.42 Å². The van der Waals surface area contributed by atoms with Gasteiger partial charge in [-0.2, -0.15) is 0 Å². The Balaban J connectivity index is 1.57. The van der Waals surface area contributed by atoms with Gasteiger partial charge in [0.1, 0.15) is 18.1 Å². The maximum absolute atomic E-state index is 13.7. The number of carbonyl (C=O) groups is 2. The zero-order valence-corrected chi connectivity index (χ0v) is 23.2. The third-order valence-electron chi connectivity index (χ3n) is 8.84. The van der Waals surface area contributed by atoms with Gasteiger partial charge in [-0.1, -0.05) is 57.6 Å². The number of rotatable bonds is 11. The van der Waals surface area contributed by atoms with Gasteiger partial charge >= 0.3 is 0 Å². The van der Waals surface area contributed by atoms with E-state index < -0.39 is 23.9 Å². The summed E-state index contributed by atoms with van der Waals surface area (Å²) >= 11 is 0. The molecule has 1 aliphatic heterocycles. The highest BCUT2D eigenvalue weighted by Crippen LogP contribution is 2.49. The van der Waals surface area contributed by atoms with Crippen molar-refractivity contribution < 1.29 is 29.3 Å². The summed E-state index contributed by atoms with van der Waals surface area (Å²) in [5.41, 5.74) is 2.93. The molecule has 1 saturated carbocycles. The summed E-state index contributed by atoms with van der Waals surface area (Å²) in [4.78, 5) is 28.8. The zero-order valence-electron chi connectivity index (χ0n) is 23.2. The predicted octanol–water partition coefficient (Wildman–Crippen LogP) is 5.00. The lowest BCUT2D eigenvalue weighted by Gasteiger charge is -2.38. The number of nitrogens with zero attached hydrogens (tertiary/aromatic N) is 1. The second-order valence-corrected chi connectivity index (χ2v) is 11.7. The van der Waals surface area contributed by atoms with Crippen LogP contribution in [0.1, 0.15) is 96.5 Å². The molecule has 2 heterocycles. The molecule has 3 N–H and O–H groups in total. The van der Waals surface area contributed by atoms with Gasteiger partial charge in [0.15, 0.2) is 0 Å². The first-order valence-corrected chi connectivity index (χ1v) is 14.6. The van der Waals surface area contributed by atoms with Gasteiger partial charge < -0.3 is 19.7 Å². The Morgan fingerprint density at radius 2 is 1.84 bits per heavy atom. The van der Waals surface area contributed by atoms with Crippen LogP contribution in [0, 0.1) is 23.7 Å². The average molecular weight is 528 g/mol. The van der Waals surface area contributed by atoms with Gasteiger partial charge in [-0.05, 0) is 68.2 Å². The van der Waals surface area contributed by atoms with Crippen LogP contribution in [0.4, 0.5) is 0 Å². The lowest BCUT2D eigenvalue weighted by Crippen LogP contribution is -2.42. The molecule has 0 unspecified atom stereocenters. The Kier molecular flexibility index (Phi) is 9.66. The predicted molar refractivity (Wildman–Crippen MR) is 146 cm³/mol. The van der Waals surface area contributed by atoms with Crippen molar-refractivity contribution in [2.75, 3.05) is 6.61 Å². The molecule has 0 radical (unpaired) electrons. The fourth-order valence-corrected chi connectivity index (χ4v) is 6.99. The third kappa shape index (κ3) is 5.85. The Morgan fingerprint density at radius 3 is 2.45 bits per heavy atom. The first kappa shape index (κ1) is 28.8. The number of hydrogen-bond acceptors (Lipinski definition) is 6. The van der Waals surface area contributed by atoms with Gasteiger partial charge in [0.05, 0.1) is 24.5 Å². The molecule has 4 atom stereocenters. The van der Waals surface area contributed by atoms with Crippen LogP contribution in [0.25, 0.3) is 6.08 Å².